The lowest BCUT2D eigenvalue weighted by atomic mass is 9.82. The van der Waals surface area contributed by atoms with Crippen molar-refractivity contribution < 1.29 is 9.47 Å². The quantitative estimate of drug-likeness (QED) is 0.617. The molecule has 1 aliphatic heterocycles. The molecule has 1 unspecified atom stereocenters. The van der Waals surface area contributed by atoms with Crippen LogP contribution in [0.3, 0.4) is 0 Å². The molecule has 2 rings (SSSR count). The molecule has 3 N–H and O–H groups in total. The van der Waals surface area contributed by atoms with E-state index < -0.39 is 0 Å². The number of hydrogen-bond acceptors (Lipinski definition) is 4. The molecule has 0 bridgehead atoms. The zero-order valence-electron chi connectivity index (χ0n) is 12.5. The fourth-order valence-corrected chi connectivity index (χ4v) is 3.07. The van der Waals surface area contributed by atoms with Crippen molar-refractivity contribution in [2.45, 2.75) is 44.8 Å². The second-order valence-corrected chi connectivity index (χ2v) is 5.52. The van der Waals surface area contributed by atoms with Gasteiger partial charge >= 0.3 is 0 Å². The molecule has 1 aromatic rings. The topological polar surface area (TPSA) is 56.5 Å². The molecule has 0 spiro atoms. The molecule has 0 radical (unpaired) electrons. The van der Waals surface area contributed by atoms with Crippen LogP contribution >= 0.6 is 0 Å². The van der Waals surface area contributed by atoms with Gasteiger partial charge in [-0.1, -0.05) is 29.8 Å². The third kappa shape index (κ3) is 3.58. The number of nitrogens with one attached hydrogen (secondary N) is 1. The van der Waals surface area contributed by atoms with E-state index >= 15 is 0 Å². The van der Waals surface area contributed by atoms with Crippen LogP contribution in [0.1, 0.15) is 30.9 Å². The average Bonchev–Trinajstić information content (AvgIpc) is 2.46. The van der Waals surface area contributed by atoms with Crippen LogP contribution in [-0.4, -0.2) is 31.5 Å². The van der Waals surface area contributed by atoms with E-state index in [1.54, 1.807) is 0 Å². The van der Waals surface area contributed by atoms with E-state index in [-0.39, 0.29) is 11.6 Å². The molecule has 1 heterocycles. The van der Waals surface area contributed by atoms with Crippen molar-refractivity contribution in [3.8, 4) is 0 Å². The summed E-state index contributed by atoms with van der Waals surface area (Å²) < 4.78 is 11.6. The molecule has 112 valence electrons. The lowest BCUT2D eigenvalue weighted by Crippen LogP contribution is -2.58. The third-order valence-electron chi connectivity index (χ3n) is 4.13. The van der Waals surface area contributed by atoms with Crippen LogP contribution < -0.4 is 11.3 Å². The van der Waals surface area contributed by atoms with Crippen molar-refractivity contribution in [3.63, 3.8) is 0 Å². The number of rotatable bonds is 6. The molecular formula is C16H26N2O2. The van der Waals surface area contributed by atoms with Crippen LogP contribution in [0.15, 0.2) is 24.3 Å². The highest BCUT2D eigenvalue weighted by Crippen LogP contribution is 2.30. The van der Waals surface area contributed by atoms with Crippen LogP contribution in [0.25, 0.3) is 0 Å². The molecule has 4 nitrogen and oxygen atoms in total. The minimum atomic E-state index is -0.217. The summed E-state index contributed by atoms with van der Waals surface area (Å²) >= 11 is 0. The van der Waals surface area contributed by atoms with Gasteiger partial charge in [0.2, 0.25) is 0 Å². The Hall–Kier alpha value is -0.940. The summed E-state index contributed by atoms with van der Waals surface area (Å²) in [6.45, 7) is 6.34. The molecular weight excluding hydrogens is 252 g/mol. The molecule has 1 atom stereocenters. The average molecular weight is 278 g/mol. The van der Waals surface area contributed by atoms with Gasteiger partial charge in [-0.05, 0) is 25.8 Å². The van der Waals surface area contributed by atoms with E-state index in [4.69, 9.17) is 15.3 Å². The molecule has 0 saturated carbocycles. The third-order valence-corrected chi connectivity index (χ3v) is 4.13. The maximum atomic E-state index is 6.10. The number of hydrazine groups is 1. The van der Waals surface area contributed by atoms with Crippen LogP contribution in [0, 0.1) is 6.92 Å². The molecule has 4 heteroatoms. The molecule has 20 heavy (non-hydrogen) atoms. The van der Waals surface area contributed by atoms with Gasteiger partial charge in [0.15, 0.2) is 0 Å². The van der Waals surface area contributed by atoms with E-state index in [9.17, 15) is 0 Å². The minimum absolute atomic E-state index is 0.105. The van der Waals surface area contributed by atoms with E-state index in [0.29, 0.717) is 6.61 Å². The summed E-state index contributed by atoms with van der Waals surface area (Å²) in [5.41, 5.74) is 5.33. The Morgan fingerprint density at radius 2 is 2.15 bits per heavy atom. The second kappa shape index (κ2) is 7.18. The van der Waals surface area contributed by atoms with Crippen molar-refractivity contribution >= 4 is 0 Å². The SMILES string of the molecule is CCOC1(C(Cc2cccc(C)c2)NN)CCOCC1. The van der Waals surface area contributed by atoms with Gasteiger partial charge in [0.05, 0.1) is 11.6 Å². The van der Waals surface area contributed by atoms with E-state index in [1.807, 2.05) is 6.92 Å². The summed E-state index contributed by atoms with van der Waals surface area (Å²) in [5, 5.41) is 0. The van der Waals surface area contributed by atoms with Crippen molar-refractivity contribution in [1.29, 1.82) is 0 Å². The van der Waals surface area contributed by atoms with Gasteiger partial charge in [0, 0.05) is 32.7 Å². The number of nitrogens with two attached hydrogens (primary N) is 1. The lowest BCUT2D eigenvalue weighted by molar-refractivity contribution is -0.126. The first-order valence-electron chi connectivity index (χ1n) is 7.43. The Balaban J connectivity index is 2.15. The smallest absolute Gasteiger partial charge is 0.0895 e. The maximum Gasteiger partial charge on any atom is 0.0895 e. The van der Waals surface area contributed by atoms with Crippen LogP contribution in [0.4, 0.5) is 0 Å². The highest BCUT2D eigenvalue weighted by molar-refractivity contribution is 5.23. The van der Waals surface area contributed by atoms with Gasteiger partial charge in [0.25, 0.3) is 0 Å². The number of hydrogen-bond donors (Lipinski definition) is 2. The van der Waals surface area contributed by atoms with Crippen LogP contribution in [0.2, 0.25) is 0 Å². The van der Waals surface area contributed by atoms with E-state index in [2.05, 4.69) is 36.6 Å². The molecule has 1 aliphatic rings. The lowest BCUT2D eigenvalue weighted by Gasteiger charge is -2.43. The fraction of sp³-hybridized carbons (Fsp3) is 0.625. The van der Waals surface area contributed by atoms with Crippen LogP contribution in [0.5, 0.6) is 0 Å². The zero-order chi connectivity index (χ0) is 14.4. The Bertz CT molecular complexity index is 411. The van der Waals surface area contributed by atoms with Gasteiger partial charge in [-0.3, -0.25) is 11.3 Å². The molecule has 0 aliphatic carbocycles. The van der Waals surface area contributed by atoms with Crippen molar-refractivity contribution in [3.05, 3.63) is 35.4 Å². The van der Waals surface area contributed by atoms with E-state index in [0.717, 1.165) is 32.5 Å². The molecule has 0 amide bonds. The van der Waals surface area contributed by atoms with Gasteiger partial charge in [0.1, 0.15) is 0 Å². The standard InChI is InChI=1S/C16H26N2O2/c1-3-20-16(7-9-19-10-8-16)15(18-17)12-14-6-4-5-13(2)11-14/h4-6,11,15,18H,3,7-10,12,17H2,1-2H3. The summed E-state index contributed by atoms with van der Waals surface area (Å²) in [4.78, 5) is 0. The highest BCUT2D eigenvalue weighted by atomic mass is 16.5. The molecule has 1 saturated heterocycles. The first-order valence-corrected chi connectivity index (χ1v) is 7.43. The summed E-state index contributed by atoms with van der Waals surface area (Å²) in [7, 11) is 0. The van der Waals surface area contributed by atoms with Crippen molar-refractivity contribution in [1.82, 2.24) is 5.43 Å². The summed E-state index contributed by atoms with van der Waals surface area (Å²) in [6.07, 6.45) is 2.65. The molecule has 0 aromatic heterocycles. The number of aryl methyl sites for hydroxylation is 1. The number of ether oxygens (including phenoxy) is 2. The van der Waals surface area contributed by atoms with E-state index in [1.165, 1.54) is 11.1 Å². The predicted molar refractivity (Wildman–Crippen MR) is 80.4 cm³/mol. The summed E-state index contributed by atoms with van der Waals surface area (Å²) in [5.74, 6) is 5.83. The van der Waals surface area contributed by atoms with Crippen molar-refractivity contribution in [2.75, 3.05) is 19.8 Å². The van der Waals surface area contributed by atoms with Gasteiger partial charge in [-0.15, -0.1) is 0 Å². The molecule has 1 fully saturated rings. The Kier molecular flexibility index (Phi) is 5.54. The normalized spacial score (nSPS) is 19.8. The summed E-state index contributed by atoms with van der Waals surface area (Å²) in [6, 6.07) is 8.67. The van der Waals surface area contributed by atoms with Gasteiger partial charge in [-0.25, -0.2) is 0 Å². The highest BCUT2D eigenvalue weighted by Gasteiger charge is 2.40. The van der Waals surface area contributed by atoms with Gasteiger partial charge < -0.3 is 9.47 Å². The predicted octanol–water partition coefficient (Wildman–Crippen LogP) is 1.96. The van der Waals surface area contributed by atoms with Crippen molar-refractivity contribution in [2.24, 2.45) is 5.84 Å². The maximum absolute atomic E-state index is 6.10. The first kappa shape index (κ1) is 15.4. The fourth-order valence-electron chi connectivity index (χ4n) is 3.07. The second-order valence-electron chi connectivity index (χ2n) is 5.52. The zero-order valence-corrected chi connectivity index (χ0v) is 12.5. The first-order chi connectivity index (χ1) is 9.70. The largest absolute Gasteiger partial charge is 0.381 e. The Labute approximate surface area is 121 Å². The van der Waals surface area contributed by atoms with Gasteiger partial charge in [-0.2, -0.15) is 0 Å². The Morgan fingerprint density at radius 1 is 1.40 bits per heavy atom. The monoisotopic (exact) mass is 278 g/mol. The minimum Gasteiger partial charge on any atom is -0.381 e. The van der Waals surface area contributed by atoms with Crippen LogP contribution in [-0.2, 0) is 15.9 Å². The molecule has 1 aromatic carbocycles. The Morgan fingerprint density at radius 3 is 2.75 bits per heavy atom. The number of benzene rings is 1.